The Morgan fingerprint density at radius 2 is 2.15 bits per heavy atom. The third kappa shape index (κ3) is 2.11. The molecule has 1 rings (SSSR count). The van der Waals surface area contributed by atoms with E-state index in [1.807, 2.05) is 6.07 Å². The fraction of sp³-hybridized carbons (Fsp3) is 0.333. The lowest BCUT2D eigenvalue weighted by molar-refractivity contribution is 1.13. The zero-order valence-electron chi connectivity index (χ0n) is 8.59. The van der Waals surface area contributed by atoms with Crippen molar-refractivity contribution in [3.05, 3.63) is 35.4 Å². The number of nitrogen functional groups attached to an aromatic ring is 1. The molecule has 0 radical (unpaired) electrons. The summed E-state index contributed by atoms with van der Waals surface area (Å²) in [6.45, 7) is 6.34. The van der Waals surface area contributed by atoms with Crippen LogP contribution in [0.3, 0.4) is 0 Å². The molecule has 1 aromatic rings. The van der Waals surface area contributed by atoms with Crippen LogP contribution >= 0.6 is 0 Å². The van der Waals surface area contributed by atoms with E-state index in [0.29, 0.717) is 0 Å². The molecule has 0 unspecified atom stereocenters. The molecule has 0 aliphatic heterocycles. The summed E-state index contributed by atoms with van der Waals surface area (Å²) in [5.74, 6) is 0. The fourth-order valence-electron chi connectivity index (χ4n) is 1.45. The van der Waals surface area contributed by atoms with Crippen LogP contribution in [0.15, 0.2) is 24.3 Å². The minimum atomic E-state index is 0.851. The molecule has 1 nitrogen and oxygen atoms in total. The summed E-state index contributed by atoms with van der Waals surface area (Å²) in [6.07, 6.45) is 3.16. The third-order valence-corrected chi connectivity index (χ3v) is 2.37. The number of aryl methyl sites for hydroxylation is 1. The van der Waals surface area contributed by atoms with E-state index in [2.05, 4.69) is 39.0 Å². The summed E-state index contributed by atoms with van der Waals surface area (Å²) in [5.41, 5.74) is 10.5. The standard InChI is InChI=1S/C12H17N/c1-4-9(3)12-7-6-11(13)8-10(12)5-2/h4,6-8H,5,13H2,1-3H3/b9-4+. The van der Waals surface area contributed by atoms with Gasteiger partial charge in [0, 0.05) is 5.69 Å². The molecule has 0 aromatic heterocycles. The molecule has 70 valence electrons. The summed E-state index contributed by atoms with van der Waals surface area (Å²) in [6, 6.07) is 6.12. The van der Waals surface area contributed by atoms with E-state index in [4.69, 9.17) is 5.73 Å². The van der Waals surface area contributed by atoms with Crippen molar-refractivity contribution in [2.24, 2.45) is 0 Å². The molecule has 0 aliphatic rings. The van der Waals surface area contributed by atoms with Crippen LogP contribution in [0.25, 0.3) is 5.57 Å². The highest BCUT2D eigenvalue weighted by Gasteiger charge is 2.01. The fourth-order valence-corrected chi connectivity index (χ4v) is 1.45. The molecular formula is C12H17N. The normalized spacial score (nSPS) is 11.8. The van der Waals surface area contributed by atoms with Gasteiger partial charge in [0.25, 0.3) is 0 Å². The van der Waals surface area contributed by atoms with E-state index in [1.54, 1.807) is 0 Å². The first-order valence-electron chi connectivity index (χ1n) is 4.70. The van der Waals surface area contributed by atoms with E-state index in [1.165, 1.54) is 16.7 Å². The highest BCUT2D eigenvalue weighted by atomic mass is 14.5. The second-order valence-electron chi connectivity index (χ2n) is 3.24. The van der Waals surface area contributed by atoms with Crippen LogP contribution in [0.5, 0.6) is 0 Å². The minimum absolute atomic E-state index is 0.851. The molecule has 0 amide bonds. The smallest absolute Gasteiger partial charge is 0.0317 e. The molecule has 2 N–H and O–H groups in total. The Morgan fingerprint density at radius 3 is 2.69 bits per heavy atom. The van der Waals surface area contributed by atoms with Gasteiger partial charge in [0.2, 0.25) is 0 Å². The Bertz CT molecular complexity index is 324. The molecule has 1 aromatic carbocycles. The molecule has 0 fully saturated rings. The summed E-state index contributed by atoms with van der Waals surface area (Å²) >= 11 is 0. The lowest BCUT2D eigenvalue weighted by Crippen LogP contribution is -1.93. The van der Waals surface area contributed by atoms with Crippen molar-refractivity contribution < 1.29 is 0 Å². The van der Waals surface area contributed by atoms with Gasteiger partial charge in [0.05, 0.1) is 0 Å². The zero-order chi connectivity index (χ0) is 9.84. The minimum Gasteiger partial charge on any atom is -0.399 e. The van der Waals surface area contributed by atoms with E-state index in [9.17, 15) is 0 Å². The summed E-state index contributed by atoms with van der Waals surface area (Å²) in [7, 11) is 0. The van der Waals surface area contributed by atoms with Crippen molar-refractivity contribution in [2.45, 2.75) is 27.2 Å². The van der Waals surface area contributed by atoms with Gasteiger partial charge in [-0.1, -0.05) is 19.1 Å². The SMILES string of the molecule is C/C=C(\C)c1ccc(N)cc1CC. The maximum absolute atomic E-state index is 5.73. The van der Waals surface area contributed by atoms with Crippen LogP contribution in [-0.2, 0) is 6.42 Å². The molecule has 0 atom stereocenters. The molecule has 0 saturated heterocycles. The van der Waals surface area contributed by atoms with E-state index < -0.39 is 0 Å². The van der Waals surface area contributed by atoms with Gasteiger partial charge < -0.3 is 5.73 Å². The average Bonchev–Trinajstić information content (AvgIpc) is 2.16. The Hall–Kier alpha value is -1.24. The first-order chi connectivity index (χ1) is 6.19. The first-order valence-corrected chi connectivity index (χ1v) is 4.70. The molecule has 1 heteroatoms. The zero-order valence-corrected chi connectivity index (χ0v) is 8.59. The number of hydrogen-bond acceptors (Lipinski definition) is 1. The van der Waals surface area contributed by atoms with Crippen LogP contribution in [0.2, 0.25) is 0 Å². The number of anilines is 1. The van der Waals surface area contributed by atoms with Crippen molar-refractivity contribution in [1.29, 1.82) is 0 Å². The van der Waals surface area contributed by atoms with Gasteiger partial charge in [0.1, 0.15) is 0 Å². The van der Waals surface area contributed by atoms with Gasteiger partial charge in [0.15, 0.2) is 0 Å². The number of allylic oxidation sites excluding steroid dienone is 2. The molecule has 0 spiro atoms. The molecule has 0 bridgehead atoms. The summed E-state index contributed by atoms with van der Waals surface area (Å²) < 4.78 is 0. The Labute approximate surface area is 80.3 Å². The molecule has 0 aliphatic carbocycles. The van der Waals surface area contributed by atoms with E-state index in [0.717, 1.165) is 12.1 Å². The predicted octanol–water partition coefficient (Wildman–Crippen LogP) is 3.25. The highest BCUT2D eigenvalue weighted by molar-refractivity contribution is 5.68. The Kier molecular flexibility index (Phi) is 3.13. The van der Waals surface area contributed by atoms with Crippen molar-refractivity contribution >= 4 is 11.3 Å². The number of rotatable bonds is 2. The van der Waals surface area contributed by atoms with Gasteiger partial charge in [-0.05, 0) is 49.1 Å². The molecular weight excluding hydrogens is 158 g/mol. The Morgan fingerprint density at radius 1 is 1.46 bits per heavy atom. The summed E-state index contributed by atoms with van der Waals surface area (Å²) in [4.78, 5) is 0. The largest absolute Gasteiger partial charge is 0.399 e. The second-order valence-corrected chi connectivity index (χ2v) is 3.24. The topological polar surface area (TPSA) is 26.0 Å². The summed E-state index contributed by atoms with van der Waals surface area (Å²) in [5, 5.41) is 0. The van der Waals surface area contributed by atoms with Crippen LogP contribution in [0, 0.1) is 0 Å². The van der Waals surface area contributed by atoms with Crippen molar-refractivity contribution in [2.75, 3.05) is 5.73 Å². The monoisotopic (exact) mass is 175 g/mol. The number of benzene rings is 1. The van der Waals surface area contributed by atoms with Crippen molar-refractivity contribution in [3.63, 3.8) is 0 Å². The van der Waals surface area contributed by atoms with Crippen LogP contribution in [-0.4, -0.2) is 0 Å². The molecule has 0 heterocycles. The van der Waals surface area contributed by atoms with Gasteiger partial charge in [-0.15, -0.1) is 0 Å². The highest BCUT2D eigenvalue weighted by Crippen LogP contribution is 2.21. The maximum Gasteiger partial charge on any atom is 0.0317 e. The van der Waals surface area contributed by atoms with E-state index in [-0.39, 0.29) is 0 Å². The second kappa shape index (κ2) is 4.13. The molecule has 13 heavy (non-hydrogen) atoms. The van der Waals surface area contributed by atoms with Gasteiger partial charge in [-0.3, -0.25) is 0 Å². The van der Waals surface area contributed by atoms with Crippen molar-refractivity contribution in [3.8, 4) is 0 Å². The van der Waals surface area contributed by atoms with E-state index >= 15 is 0 Å². The molecule has 0 saturated carbocycles. The average molecular weight is 175 g/mol. The van der Waals surface area contributed by atoms with Gasteiger partial charge >= 0.3 is 0 Å². The lowest BCUT2D eigenvalue weighted by Gasteiger charge is -2.08. The number of nitrogens with two attached hydrogens (primary N) is 1. The Balaban J connectivity index is 3.21. The van der Waals surface area contributed by atoms with Gasteiger partial charge in [-0.25, -0.2) is 0 Å². The van der Waals surface area contributed by atoms with Crippen LogP contribution < -0.4 is 5.73 Å². The number of hydrogen-bond donors (Lipinski definition) is 1. The third-order valence-electron chi connectivity index (χ3n) is 2.37. The van der Waals surface area contributed by atoms with Gasteiger partial charge in [-0.2, -0.15) is 0 Å². The first kappa shape index (κ1) is 9.85. The lowest BCUT2D eigenvalue weighted by atomic mass is 9.98. The maximum atomic E-state index is 5.73. The van der Waals surface area contributed by atoms with Crippen molar-refractivity contribution in [1.82, 2.24) is 0 Å². The van der Waals surface area contributed by atoms with Crippen LogP contribution in [0.1, 0.15) is 31.9 Å². The van der Waals surface area contributed by atoms with Crippen LogP contribution in [0.4, 0.5) is 5.69 Å². The quantitative estimate of drug-likeness (QED) is 0.686. The predicted molar refractivity (Wildman–Crippen MR) is 59.6 cm³/mol.